The van der Waals surface area contributed by atoms with E-state index < -0.39 is 41.9 Å². The number of imide groups is 1. The average Bonchev–Trinajstić information content (AvgIpc) is 3.23. The van der Waals surface area contributed by atoms with Crippen LogP contribution in [-0.2, 0) is 19.1 Å². The van der Waals surface area contributed by atoms with E-state index in [2.05, 4.69) is 0 Å². The number of hydrogen-bond acceptors (Lipinski definition) is 5. The number of aliphatic hydroxyl groups excluding tert-OH is 1. The van der Waals surface area contributed by atoms with Crippen LogP contribution in [0.3, 0.4) is 0 Å². The summed E-state index contributed by atoms with van der Waals surface area (Å²) in [4.78, 5) is 40.8. The molecule has 0 unspecified atom stereocenters. The monoisotopic (exact) mass is 395 g/mol. The van der Waals surface area contributed by atoms with Crippen LogP contribution in [0.1, 0.15) is 17.2 Å². The van der Waals surface area contributed by atoms with Crippen LogP contribution in [0.5, 0.6) is 0 Å². The molecule has 0 aromatic heterocycles. The van der Waals surface area contributed by atoms with Crippen LogP contribution in [-0.4, -0.2) is 42.1 Å². The van der Waals surface area contributed by atoms with E-state index in [0.717, 1.165) is 16.0 Å². The number of methoxy groups -OCH3 is 1. The minimum atomic E-state index is -1.57. The number of amides is 2. The molecular formula is C22H23N2O5+. The Balaban J connectivity index is 1.88. The standard InChI is InChI=1S/C22H22N2O5/c1-13-8-6-7-11-15(13)18-16-17(22(12-25,23-18)21(28)29-2)20(27)24(19(16)26)14-9-4-3-5-10-14/h3-11,16-18,23,25H,12H2,1-2H3/p+1/t16-,17+,18-,22+/m1/s1. The Morgan fingerprint density at radius 1 is 1.10 bits per heavy atom. The van der Waals surface area contributed by atoms with Gasteiger partial charge in [0, 0.05) is 5.56 Å². The smallest absolute Gasteiger partial charge is 0.371 e. The Hall–Kier alpha value is -3.03. The number of anilines is 1. The zero-order chi connectivity index (χ0) is 20.8. The molecule has 4 atom stereocenters. The highest BCUT2D eigenvalue weighted by Gasteiger charge is 2.72. The number of rotatable bonds is 4. The number of aryl methyl sites for hydroxylation is 1. The summed E-state index contributed by atoms with van der Waals surface area (Å²) in [7, 11) is 1.22. The molecule has 2 fully saturated rings. The number of quaternary nitrogens is 1. The largest absolute Gasteiger partial charge is 0.464 e. The SMILES string of the molecule is COC(=O)[C@@]1(CO)[NH2+][C@H](c2ccccc2C)[C@@H]2C(=O)N(c3ccccc3)C(=O)[C@H]21. The Kier molecular flexibility index (Phi) is 4.72. The number of para-hydroxylation sites is 1. The predicted molar refractivity (Wildman–Crippen MR) is 104 cm³/mol. The molecule has 2 saturated heterocycles. The highest BCUT2D eigenvalue weighted by Crippen LogP contribution is 2.46. The molecule has 0 aliphatic carbocycles. The molecule has 0 bridgehead atoms. The van der Waals surface area contributed by atoms with Crippen molar-refractivity contribution >= 4 is 23.5 Å². The quantitative estimate of drug-likeness (QED) is 0.574. The summed E-state index contributed by atoms with van der Waals surface area (Å²) in [5.74, 6) is -3.36. The maximum absolute atomic E-state index is 13.5. The maximum Gasteiger partial charge on any atom is 0.371 e. The van der Waals surface area contributed by atoms with Crippen LogP contribution in [0.4, 0.5) is 5.69 Å². The van der Waals surface area contributed by atoms with E-state index in [9.17, 15) is 19.5 Å². The predicted octanol–water partition coefficient (Wildman–Crippen LogP) is 0.323. The topological polar surface area (TPSA) is 101 Å². The van der Waals surface area contributed by atoms with Crippen molar-refractivity contribution in [3.8, 4) is 0 Å². The van der Waals surface area contributed by atoms with Crippen molar-refractivity contribution in [3.05, 3.63) is 65.7 Å². The van der Waals surface area contributed by atoms with E-state index in [1.807, 2.05) is 31.2 Å². The van der Waals surface area contributed by atoms with E-state index in [4.69, 9.17) is 4.74 Å². The summed E-state index contributed by atoms with van der Waals surface area (Å²) < 4.78 is 4.96. The molecule has 4 rings (SSSR count). The zero-order valence-electron chi connectivity index (χ0n) is 16.2. The van der Waals surface area contributed by atoms with Gasteiger partial charge in [0.1, 0.15) is 24.5 Å². The third kappa shape index (κ3) is 2.69. The molecule has 2 aromatic carbocycles. The molecule has 2 heterocycles. The van der Waals surface area contributed by atoms with Crippen molar-refractivity contribution in [3.63, 3.8) is 0 Å². The fourth-order valence-corrected chi connectivity index (χ4v) is 4.80. The summed E-state index contributed by atoms with van der Waals surface area (Å²) >= 11 is 0. The zero-order valence-corrected chi connectivity index (χ0v) is 16.2. The van der Waals surface area contributed by atoms with Crippen LogP contribution in [0.25, 0.3) is 0 Å². The van der Waals surface area contributed by atoms with Crippen LogP contribution in [0.2, 0.25) is 0 Å². The minimum Gasteiger partial charge on any atom is -0.464 e. The summed E-state index contributed by atoms with van der Waals surface area (Å²) in [6, 6.07) is 15.7. The Morgan fingerprint density at radius 2 is 1.76 bits per heavy atom. The van der Waals surface area contributed by atoms with Gasteiger partial charge in [-0.15, -0.1) is 0 Å². The molecular weight excluding hydrogens is 372 g/mol. The van der Waals surface area contributed by atoms with E-state index in [-0.39, 0.29) is 5.91 Å². The molecule has 2 aromatic rings. The van der Waals surface area contributed by atoms with Crippen molar-refractivity contribution in [2.24, 2.45) is 11.8 Å². The molecule has 150 valence electrons. The number of carbonyl (C=O) groups excluding carboxylic acids is 3. The second-order valence-corrected chi connectivity index (χ2v) is 7.59. The van der Waals surface area contributed by atoms with Crippen LogP contribution in [0, 0.1) is 18.8 Å². The fraction of sp³-hybridized carbons (Fsp3) is 0.318. The van der Waals surface area contributed by atoms with Gasteiger partial charge in [-0.25, -0.2) is 9.69 Å². The van der Waals surface area contributed by atoms with Gasteiger partial charge in [-0.3, -0.25) is 9.59 Å². The van der Waals surface area contributed by atoms with Gasteiger partial charge >= 0.3 is 5.97 Å². The van der Waals surface area contributed by atoms with Gasteiger partial charge in [-0.05, 0) is 24.6 Å². The lowest BCUT2D eigenvalue weighted by atomic mass is 9.79. The number of aliphatic hydroxyl groups is 1. The Bertz CT molecular complexity index is 976. The van der Waals surface area contributed by atoms with Crippen LogP contribution >= 0.6 is 0 Å². The number of esters is 1. The van der Waals surface area contributed by atoms with Crippen molar-refractivity contribution in [2.75, 3.05) is 18.6 Å². The molecule has 29 heavy (non-hydrogen) atoms. The third-order valence-corrected chi connectivity index (χ3v) is 6.16. The summed E-state index contributed by atoms with van der Waals surface area (Å²) in [6.07, 6.45) is 0. The number of benzene rings is 2. The molecule has 7 nitrogen and oxygen atoms in total. The lowest BCUT2D eigenvalue weighted by molar-refractivity contribution is -0.735. The number of carbonyl (C=O) groups is 3. The van der Waals surface area contributed by atoms with Crippen molar-refractivity contribution in [1.29, 1.82) is 0 Å². The normalized spacial score (nSPS) is 28.5. The van der Waals surface area contributed by atoms with Gasteiger partial charge in [-0.1, -0.05) is 42.5 Å². The lowest BCUT2D eigenvalue weighted by Gasteiger charge is -2.27. The number of hydrogen-bond donors (Lipinski definition) is 2. The highest BCUT2D eigenvalue weighted by atomic mass is 16.5. The number of fused-ring (bicyclic) bond motifs is 1. The number of ether oxygens (including phenoxy) is 1. The first-order valence-corrected chi connectivity index (χ1v) is 9.50. The van der Waals surface area contributed by atoms with Crippen LogP contribution in [0.15, 0.2) is 54.6 Å². The van der Waals surface area contributed by atoms with Gasteiger partial charge in [0.05, 0.1) is 12.8 Å². The minimum absolute atomic E-state index is 0.366. The van der Waals surface area contributed by atoms with Crippen molar-refractivity contribution < 1.29 is 29.5 Å². The maximum atomic E-state index is 13.5. The van der Waals surface area contributed by atoms with E-state index in [1.54, 1.807) is 35.6 Å². The molecule has 2 aliphatic rings. The van der Waals surface area contributed by atoms with Gasteiger partial charge in [-0.2, -0.15) is 0 Å². The van der Waals surface area contributed by atoms with E-state index in [1.165, 1.54) is 7.11 Å². The van der Waals surface area contributed by atoms with Crippen LogP contribution < -0.4 is 10.2 Å². The second kappa shape index (κ2) is 7.09. The van der Waals surface area contributed by atoms with Gasteiger partial charge in [0.2, 0.25) is 17.4 Å². The first kappa shape index (κ1) is 19.3. The molecule has 3 N–H and O–H groups in total. The van der Waals surface area contributed by atoms with Gasteiger partial charge in [0.25, 0.3) is 0 Å². The first-order chi connectivity index (χ1) is 14.0. The first-order valence-electron chi connectivity index (χ1n) is 9.50. The number of nitrogens with two attached hydrogens (primary N) is 1. The molecule has 2 aliphatic heterocycles. The summed E-state index contributed by atoms with van der Waals surface area (Å²) in [5, 5.41) is 11.9. The molecule has 0 saturated carbocycles. The lowest BCUT2D eigenvalue weighted by Crippen LogP contribution is -2.99. The van der Waals surface area contributed by atoms with Gasteiger partial charge in [0.15, 0.2) is 0 Å². The molecule has 7 heteroatoms. The second-order valence-electron chi connectivity index (χ2n) is 7.59. The Morgan fingerprint density at radius 3 is 2.38 bits per heavy atom. The van der Waals surface area contributed by atoms with E-state index in [0.29, 0.717) is 5.69 Å². The van der Waals surface area contributed by atoms with Crippen molar-refractivity contribution in [2.45, 2.75) is 18.5 Å². The summed E-state index contributed by atoms with van der Waals surface area (Å²) in [5.41, 5.74) is 0.697. The van der Waals surface area contributed by atoms with E-state index >= 15 is 0 Å². The fourth-order valence-electron chi connectivity index (χ4n) is 4.80. The Labute approximate surface area is 168 Å². The van der Waals surface area contributed by atoms with Gasteiger partial charge < -0.3 is 15.2 Å². The third-order valence-electron chi connectivity index (χ3n) is 6.16. The molecule has 0 radical (unpaired) electrons. The molecule has 0 spiro atoms. The van der Waals surface area contributed by atoms with Crippen molar-refractivity contribution in [1.82, 2.24) is 0 Å². The average molecular weight is 395 g/mol. The summed E-state index contributed by atoms with van der Waals surface area (Å²) in [6.45, 7) is 1.32. The highest BCUT2D eigenvalue weighted by molar-refractivity contribution is 6.23. The number of nitrogens with zero attached hydrogens (tertiary/aromatic N) is 1. The molecule has 2 amide bonds.